The van der Waals surface area contributed by atoms with Crippen LogP contribution in [0.15, 0.2) is 156 Å². The fraction of sp³-hybridized carbons (Fsp3) is 0.160. The Morgan fingerprint density at radius 3 is 1.63 bits per heavy atom. The van der Waals surface area contributed by atoms with E-state index >= 15 is 0 Å². The number of fused-ring (bicyclic) bond motifs is 20. The van der Waals surface area contributed by atoms with Gasteiger partial charge in [-0.15, -0.1) is 0 Å². The molecule has 259 valence electrons. The van der Waals surface area contributed by atoms with Crippen LogP contribution >= 0.6 is 0 Å². The second kappa shape index (κ2) is 10.7. The quantitative estimate of drug-likeness (QED) is 0.186. The van der Waals surface area contributed by atoms with Crippen LogP contribution < -0.4 is 5.46 Å². The zero-order valence-electron chi connectivity index (χ0n) is 30.8. The summed E-state index contributed by atoms with van der Waals surface area (Å²) in [6.07, 6.45) is 0. The van der Waals surface area contributed by atoms with Crippen LogP contribution in [-0.2, 0) is 15.5 Å². The zero-order chi connectivity index (χ0) is 36.6. The molecule has 0 saturated carbocycles. The number of hydrogen-bond acceptors (Lipinski definition) is 3. The summed E-state index contributed by atoms with van der Waals surface area (Å²) in [6, 6.07) is 55.8. The van der Waals surface area contributed by atoms with Gasteiger partial charge in [-0.05, 0) is 112 Å². The third kappa shape index (κ3) is 3.75. The van der Waals surface area contributed by atoms with Crippen molar-refractivity contribution in [3.63, 3.8) is 0 Å². The van der Waals surface area contributed by atoms with Crippen LogP contribution in [0, 0.1) is 0 Å². The molecule has 11 rings (SSSR count). The summed E-state index contributed by atoms with van der Waals surface area (Å²) < 4.78 is 13.2. The van der Waals surface area contributed by atoms with Crippen LogP contribution in [0.3, 0.4) is 0 Å². The molecule has 1 aromatic heterocycles. The minimum atomic E-state index is -1.06. The van der Waals surface area contributed by atoms with Crippen molar-refractivity contribution in [2.45, 2.75) is 49.7 Å². The van der Waals surface area contributed by atoms with Gasteiger partial charge in [0, 0.05) is 10.8 Å². The molecule has 3 aliphatic rings. The first kappa shape index (κ1) is 31.8. The molecule has 3 nitrogen and oxygen atoms in total. The van der Waals surface area contributed by atoms with Gasteiger partial charge in [0.25, 0.3) is 0 Å². The van der Waals surface area contributed by atoms with Gasteiger partial charge in [0.1, 0.15) is 11.2 Å². The molecule has 3 aliphatic carbocycles. The largest absolute Gasteiger partial charge is 0.456 e. The maximum Gasteiger partial charge on any atom is 0.331 e. The van der Waals surface area contributed by atoms with Gasteiger partial charge in [0.2, 0.25) is 0 Å². The second-order valence-corrected chi connectivity index (χ2v) is 16.2. The van der Waals surface area contributed by atoms with Gasteiger partial charge in [-0.25, -0.2) is 0 Å². The molecule has 0 unspecified atom stereocenters. The van der Waals surface area contributed by atoms with Crippen LogP contribution in [0.1, 0.15) is 72.2 Å². The van der Waals surface area contributed by atoms with Crippen molar-refractivity contribution in [1.82, 2.24) is 0 Å². The topological polar surface area (TPSA) is 42.6 Å². The van der Waals surface area contributed by atoms with E-state index in [1.54, 1.807) is 13.8 Å². The molecule has 0 fully saturated rings. The van der Waals surface area contributed by atoms with Crippen molar-refractivity contribution in [2.75, 3.05) is 0 Å². The lowest BCUT2D eigenvalue weighted by Crippen LogP contribution is -2.49. The lowest BCUT2D eigenvalue weighted by atomic mass is 9.52. The van der Waals surface area contributed by atoms with Crippen molar-refractivity contribution in [1.29, 1.82) is 0 Å². The predicted octanol–water partition coefficient (Wildman–Crippen LogP) is 10.4. The van der Waals surface area contributed by atoms with E-state index in [1.165, 1.54) is 55.6 Å². The molecule has 1 heterocycles. The molecule has 0 atom stereocenters. The van der Waals surface area contributed by atoms with Gasteiger partial charge in [-0.1, -0.05) is 140 Å². The van der Waals surface area contributed by atoms with Gasteiger partial charge in [-0.3, -0.25) is 0 Å². The number of benzene rings is 7. The van der Waals surface area contributed by atoms with E-state index in [1.807, 2.05) is 27.4 Å². The Labute approximate surface area is 316 Å². The molecule has 0 amide bonds. The van der Waals surface area contributed by atoms with Crippen molar-refractivity contribution >= 4 is 34.9 Å². The average molecular weight is 698 g/mol. The third-order valence-corrected chi connectivity index (χ3v) is 13.1. The Morgan fingerprint density at radius 1 is 0.500 bits per heavy atom. The normalized spacial score (nSPS) is 15.5. The van der Waals surface area contributed by atoms with E-state index in [9.17, 15) is 5.11 Å². The van der Waals surface area contributed by atoms with Crippen molar-refractivity contribution < 1.29 is 14.2 Å². The summed E-state index contributed by atoms with van der Waals surface area (Å²) in [7, 11) is 1.86. The van der Waals surface area contributed by atoms with Crippen LogP contribution in [0.4, 0.5) is 0 Å². The molecule has 0 saturated heterocycles. The molecule has 4 heteroatoms. The summed E-state index contributed by atoms with van der Waals surface area (Å²) in [5.41, 5.74) is 14.7. The van der Waals surface area contributed by atoms with Gasteiger partial charge in [0.05, 0.1) is 22.0 Å². The van der Waals surface area contributed by atoms with Crippen LogP contribution in [0.2, 0.25) is 0 Å². The minimum absolute atomic E-state index is 0.523. The highest BCUT2D eigenvalue weighted by molar-refractivity contribution is 6.50. The summed E-state index contributed by atoms with van der Waals surface area (Å²) in [6.45, 7) is 7.47. The molecule has 0 bridgehead atoms. The zero-order valence-corrected chi connectivity index (χ0v) is 30.8. The van der Waals surface area contributed by atoms with Crippen molar-refractivity contribution in [3.8, 4) is 22.3 Å². The average Bonchev–Trinajstić information content (AvgIpc) is 3.81. The first-order valence-corrected chi connectivity index (χ1v) is 18.9. The highest BCUT2D eigenvalue weighted by atomic mass is 16.5. The fourth-order valence-corrected chi connectivity index (χ4v) is 10.1. The Bertz CT molecular complexity index is 2770. The van der Waals surface area contributed by atoms with E-state index in [0.717, 1.165) is 38.5 Å². The van der Waals surface area contributed by atoms with E-state index in [0.29, 0.717) is 0 Å². The first-order valence-electron chi connectivity index (χ1n) is 18.9. The summed E-state index contributed by atoms with van der Waals surface area (Å²) in [4.78, 5) is 0. The highest BCUT2D eigenvalue weighted by Crippen LogP contribution is 2.68. The predicted molar refractivity (Wildman–Crippen MR) is 219 cm³/mol. The molecular weight excluding hydrogens is 659 g/mol. The van der Waals surface area contributed by atoms with E-state index in [-0.39, 0.29) is 0 Å². The molecule has 7 aromatic carbocycles. The summed E-state index contributed by atoms with van der Waals surface area (Å²) >= 11 is 0. The SMILES string of the molecule is CC(C)(O)C(C)(C)O[B]c1cccc2c1-c1ccc3oc4ccccc4c3c1C21c2ccccc2C2(c3ccccc3-c3ccccc32)c2ccccc21. The number of rotatable bonds is 4. The summed E-state index contributed by atoms with van der Waals surface area (Å²) in [5.74, 6) is 0. The smallest absolute Gasteiger partial charge is 0.331 e. The number of para-hydroxylation sites is 1. The van der Waals surface area contributed by atoms with Crippen LogP contribution in [-0.4, -0.2) is 23.8 Å². The minimum Gasteiger partial charge on any atom is -0.456 e. The Kier molecular flexibility index (Phi) is 6.32. The Balaban J connectivity index is 1.31. The van der Waals surface area contributed by atoms with Gasteiger partial charge < -0.3 is 14.2 Å². The number of furan rings is 1. The third-order valence-electron chi connectivity index (χ3n) is 13.1. The number of hydrogen-bond donors (Lipinski definition) is 1. The monoisotopic (exact) mass is 697 g/mol. The van der Waals surface area contributed by atoms with Gasteiger partial charge >= 0.3 is 7.48 Å². The van der Waals surface area contributed by atoms with E-state index in [2.05, 4.69) is 146 Å². The lowest BCUT2D eigenvalue weighted by Gasteiger charge is -2.49. The molecule has 8 aromatic rings. The molecule has 54 heavy (non-hydrogen) atoms. The highest BCUT2D eigenvalue weighted by Gasteiger charge is 2.59. The molecular formula is C50H38BO3. The van der Waals surface area contributed by atoms with Crippen LogP contribution in [0.25, 0.3) is 44.2 Å². The maximum atomic E-state index is 11.1. The standard InChI is InChI=1S/C50H38BO3/c1-47(2,52)48(3,4)54-51-41-26-15-25-40-44(41)33-28-29-43-45(32-18-7-14-27-42(32)53-43)46(33)50(40)38-23-12-10-21-36(38)49(37-22-11-13-24-39(37)50)34-19-8-5-16-30(34)31-17-6-9-20-35(31)49/h5-29,52H,1-4H3. The van der Waals surface area contributed by atoms with Crippen molar-refractivity contribution in [3.05, 3.63) is 196 Å². The molecule has 1 radical (unpaired) electrons. The molecule has 1 N–H and O–H groups in total. The Morgan fingerprint density at radius 2 is 1.02 bits per heavy atom. The lowest BCUT2D eigenvalue weighted by molar-refractivity contribution is -0.0893. The van der Waals surface area contributed by atoms with E-state index in [4.69, 9.17) is 9.07 Å². The van der Waals surface area contributed by atoms with Gasteiger partial charge in [-0.2, -0.15) is 0 Å². The molecule has 2 spiro atoms. The van der Waals surface area contributed by atoms with Crippen LogP contribution in [0.5, 0.6) is 0 Å². The van der Waals surface area contributed by atoms with Crippen molar-refractivity contribution in [2.24, 2.45) is 0 Å². The van der Waals surface area contributed by atoms with Gasteiger partial charge in [0.15, 0.2) is 0 Å². The molecule has 0 aliphatic heterocycles. The fourth-order valence-electron chi connectivity index (χ4n) is 10.1. The van der Waals surface area contributed by atoms with E-state index < -0.39 is 22.0 Å². The second-order valence-electron chi connectivity index (χ2n) is 16.2. The first-order chi connectivity index (χ1) is 26.2. The maximum absolute atomic E-state index is 11.1. The Hall–Kier alpha value is -5.68. The summed E-state index contributed by atoms with van der Waals surface area (Å²) in [5, 5.41) is 13.3. The number of aliphatic hydroxyl groups is 1.